The van der Waals surface area contributed by atoms with Crippen molar-refractivity contribution in [1.29, 1.82) is 5.41 Å². The average Bonchev–Trinajstić information content (AvgIpc) is 2.66. The van der Waals surface area contributed by atoms with Crippen LogP contribution in [0.5, 0.6) is 0 Å². The zero-order valence-corrected chi connectivity index (χ0v) is 19.6. The zero-order valence-electron chi connectivity index (χ0n) is 19.6. The number of rotatable bonds is 14. The smallest absolute Gasteiger partial charge is 0.331 e. The molecule has 0 saturated carbocycles. The fourth-order valence-corrected chi connectivity index (χ4v) is 2.84. The Bertz CT molecular complexity index is 701. The van der Waals surface area contributed by atoms with Crippen molar-refractivity contribution in [2.24, 2.45) is 5.92 Å². The molecule has 0 saturated heterocycles. The van der Waals surface area contributed by atoms with Gasteiger partial charge in [0.15, 0.2) is 11.8 Å². The Morgan fingerprint density at radius 2 is 1.59 bits per heavy atom. The normalized spacial score (nSPS) is 14.0. The number of nitrogens with one attached hydrogen (secondary N) is 4. The summed E-state index contributed by atoms with van der Waals surface area (Å²) in [6.45, 7) is 9.23. The summed E-state index contributed by atoms with van der Waals surface area (Å²) in [6.07, 6.45) is 0.563. The van der Waals surface area contributed by atoms with Crippen molar-refractivity contribution < 1.29 is 33.8 Å². The molecule has 0 aliphatic rings. The SMILES string of the molecule is CCOC(=O)C(NC(=O)[C@H](CCC(=O)C=N)NC(=O)[C@H](CC(C)C)NC(C)=O)C(C)(C)O. The molecule has 0 spiro atoms. The quantitative estimate of drug-likeness (QED) is 0.178. The van der Waals surface area contributed by atoms with Gasteiger partial charge in [-0.2, -0.15) is 0 Å². The molecule has 182 valence electrons. The van der Waals surface area contributed by atoms with Gasteiger partial charge >= 0.3 is 5.97 Å². The van der Waals surface area contributed by atoms with Crippen LogP contribution in [-0.2, 0) is 28.7 Å². The minimum absolute atomic E-state index is 0.0306. The van der Waals surface area contributed by atoms with E-state index < -0.39 is 53.2 Å². The number of ketones is 1. The lowest BCUT2D eigenvalue weighted by molar-refractivity contribution is -0.154. The van der Waals surface area contributed by atoms with E-state index in [9.17, 15) is 29.1 Å². The second-order valence-corrected chi connectivity index (χ2v) is 8.44. The van der Waals surface area contributed by atoms with E-state index in [-0.39, 0.29) is 25.4 Å². The van der Waals surface area contributed by atoms with Crippen LogP contribution < -0.4 is 16.0 Å². The number of Topliss-reactive ketones (excluding diaryl/α,β-unsaturated/α-hetero) is 1. The second kappa shape index (κ2) is 13.6. The van der Waals surface area contributed by atoms with Crippen LogP contribution in [0, 0.1) is 11.3 Å². The van der Waals surface area contributed by atoms with Crippen LogP contribution >= 0.6 is 0 Å². The van der Waals surface area contributed by atoms with Gasteiger partial charge in [0.1, 0.15) is 12.1 Å². The van der Waals surface area contributed by atoms with Crippen LogP contribution in [-0.4, -0.2) is 71.1 Å². The number of aliphatic hydroxyl groups is 1. The van der Waals surface area contributed by atoms with Crippen molar-refractivity contribution in [1.82, 2.24) is 16.0 Å². The molecule has 0 heterocycles. The molecule has 1 unspecified atom stereocenters. The van der Waals surface area contributed by atoms with Crippen molar-refractivity contribution in [3.05, 3.63) is 0 Å². The molecule has 11 heteroatoms. The van der Waals surface area contributed by atoms with E-state index in [2.05, 4.69) is 16.0 Å². The molecule has 32 heavy (non-hydrogen) atoms. The third-order valence-electron chi connectivity index (χ3n) is 4.39. The number of amides is 3. The monoisotopic (exact) mass is 456 g/mol. The van der Waals surface area contributed by atoms with Crippen molar-refractivity contribution in [2.45, 2.75) is 84.5 Å². The summed E-state index contributed by atoms with van der Waals surface area (Å²) < 4.78 is 4.90. The van der Waals surface area contributed by atoms with Gasteiger partial charge in [0.2, 0.25) is 17.7 Å². The van der Waals surface area contributed by atoms with Gasteiger partial charge in [-0.25, -0.2) is 4.79 Å². The topological polar surface area (TPSA) is 175 Å². The van der Waals surface area contributed by atoms with Crippen molar-refractivity contribution in [3.8, 4) is 0 Å². The number of esters is 1. The van der Waals surface area contributed by atoms with Crippen molar-refractivity contribution in [2.75, 3.05) is 6.61 Å². The van der Waals surface area contributed by atoms with Gasteiger partial charge in [-0.3, -0.25) is 19.2 Å². The molecule has 0 aromatic carbocycles. The fraction of sp³-hybridized carbons (Fsp3) is 0.714. The lowest BCUT2D eigenvalue weighted by Gasteiger charge is -2.30. The predicted octanol–water partition coefficient (Wildman–Crippen LogP) is -0.160. The first-order valence-electron chi connectivity index (χ1n) is 10.5. The summed E-state index contributed by atoms with van der Waals surface area (Å²) in [5, 5.41) is 24.7. The Morgan fingerprint density at radius 3 is 2.03 bits per heavy atom. The number of carbonyl (C=O) groups is 5. The second-order valence-electron chi connectivity index (χ2n) is 8.44. The van der Waals surface area contributed by atoms with Crippen LogP contribution in [0.1, 0.15) is 60.8 Å². The lowest BCUT2D eigenvalue weighted by Crippen LogP contribution is -2.60. The molecule has 0 rings (SSSR count). The molecule has 0 fully saturated rings. The van der Waals surface area contributed by atoms with E-state index in [1.807, 2.05) is 13.8 Å². The lowest BCUT2D eigenvalue weighted by atomic mass is 9.97. The summed E-state index contributed by atoms with van der Waals surface area (Å²) in [4.78, 5) is 61.0. The molecule has 0 aromatic heterocycles. The van der Waals surface area contributed by atoms with Crippen LogP contribution in [0.2, 0.25) is 0 Å². The molecule has 11 nitrogen and oxygen atoms in total. The van der Waals surface area contributed by atoms with Gasteiger partial charge in [-0.1, -0.05) is 13.8 Å². The molecule has 0 aliphatic carbocycles. The Hall–Kier alpha value is -2.82. The summed E-state index contributed by atoms with van der Waals surface area (Å²) in [7, 11) is 0. The van der Waals surface area contributed by atoms with E-state index in [4.69, 9.17) is 10.1 Å². The Morgan fingerprint density at radius 1 is 1.03 bits per heavy atom. The average molecular weight is 457 g/mol. The molecule has 3 atom stereocenters. The first-order chi connectivity index (χ1) is 14.7. The Kier molecular flexibility index (Phi) is 12.4. The maximum atomic E-state index is 12.9. The van der Waals surface area contributed by atoms with Crippen LogP contribution in [0.4, 0.5) is 0 Å². The largest absolute Gasteiger partial charge is 0.464 e. The van der Waals surface area contributed by atoms with E-state index >= 15 is 0 Å². The van der Waals surface area contributed by atoms with Gasteiger partial charge < -0.3 is 31.2 Å². The van der Waals surface area contributed by atoms with Gasteiger partial charge in [-0.05, 0) is 39.5 Å². The van der Waals surface area contributed by atoms with E-state index in [0.717, 1.165) is 0 Å². The molecule has 3 amide bonds. The first kappa shape index (κ1) is 29.2. The number of carbonyl (C=O) groups excluding carboxylic acids is 5. The Labute approximate surface area is 188 Å². The highest BCUT2D eigenvalue weighted by atomic mass is 16.5. The summed E-state index contributed by atoms with van der Waals surface area (Å²) >= 11 is 0. The molecule has 0 radical (unpaired) electrons. The van der Waals surface area contributed by atoms with Crippen LogP contribution in [0.3, 0.4) is 0 Å². The van der Waals surface area contributed by atoms with E-state index in [1.165, 1.54) is 20.8 Å². The predicted molar refractivity (Wildman–Crippen MR) is 117 cm³/mol. The van der Waals surface area contributed by atoms with Gasteiger partial charge in [0.05, 0.1) is 18.4 Å². The van der Waals surface area contributed by atoms with E-state index in [0.29, 0.717) is 12.6 Å². The summed E-state index contributed by atoms with van der Waals surface area (Å²) in [5.74, 6) is -3.22. The van der Waals surface area contributed by atoms with Gasteiger partial charge in [-0.15, -0.1) is 0 Å². The Balaban J connectivity index is 5.69. The van der Waals surface area contributed by atoms with Gasteiger partial charge in [0, 0.05) is 13.3 Å². The fourth-order valence-electron chi connectivity index (χ4n) is 2.84. The third kappa shape index (κ3) is 11.0. The first-order valence-corrected chi connectivity index (χ1v) is 10.5. The molecular formula is C21H36N4O7. The summed E-state index contributed by atoms with van der Waals surface area (Å²) in [6, 6.07) is -3.58. The highest BCUT2D eigenvalue weighted by molar-refractivity contribution is 6.26. The number of ether oxygens (including phenoxy) is 1. The van der Waals surface area contributed by atoms with Crippen molar-refractivity contribution >= 4 is 35.7 Å². The maximum Gasteiger partial charge on any atom is 0.331 e. The molecule has 0 aliphatic heterocycles. The number of hydrogen-bond donors (Lipinski definition) is 5. The highest BCUT2D eigenvalue weighted by Crippen LogP contribution is 2.12. The molecule has 5 N–H and O–H groups in total. The third-order valence-corrected chi connectivity index (χ3v) is 4.39. The van der Waals surface area contributed by atoms with Gasteiger partial charge in [0.25, 0.3) is 0 Å². The molecular weight excluding hydrogens is 420 g/mol. The van der Waals surface area contributed by atoms with Crippen LogP contribution in [0.15, 0.2) is 0 Å². The summed E-state index contributed by atoms with van der Waals surface area (Å²) in [5.41, 5.74) is -1.67. The molecule has 0 bridgehead atoms. The highest BCUT2D eigenvalue weighted by Gasteiger charge is 2.38. The van der Waals surface area contributed by atoms with Crippen LogP contribution in [0.25, 0.3) is 0 Å². The van der Waals surface area contributed by atoms with E-state index in [1.54, 1.807) is 6.92 Å². The zero-order chi connectivity index (χ0) is 25.1. The minimum Gasteiger partial charge on any atom is -0.464 e. The molecule has 0 aromatic rings. The maximum absolute atomic E-state index is 12.9. The van der Waals surface area contributed by atoms with Crippen molar-refractivity contribution in [3.63, 3.8) is 0 Å². The standard InChI is InChI=1S/C21H36N4O7/c1-7-32-20(30)17(21(5,6)31)25-18(28)15(9-8-14(27)11-22)24-19(29)16(10-12(2)3)23-13(4)26/h11-12,15-17,22,31H,7-10H2,1-6H3,(H,23,26)(H,24,29)(H,25,28)/t15-,16-,17?/m0/s1. The minimum atomic E-state index is -1.67. The number of hydrogen-bond acceptors (Lipinski definition) is 8.